The molecule has 0 aliphatic carbocycles. The topological polar surface area (TPSA) is 63.7 Å². The average molecular weight is 359 g/mol. The van der Waals surface area contributed by atoms with Gasteiger partial charge in [0, 0.05) is 0 Å². The molecule has 2 amide bonds. The molecule has 1 saturated heterocycles. The van der Waals surface area contributed by atoms with Crippen molar-refractivity contribution in [2.75, 3.05) is 13.2 Å². The summed E-state index contributed by atoms with van der Waals surface area (Å²) in [6, 6.07) is 4.70. The van der Waals surface area contributed by atoms with Crippen LogP contribution in [0.2, 0.25) is 0 Å². The highest BCUT2D eigenvalue weighted by Gasteiger charge is 2.38. The minimum atomic E-state index is -4.59. The Bertz CT molecular complexity index is 715. The molecule has 1 fully saturated rings. The van der Waals surface area contributed by atoms with Crippen LogP contribution in [0.15, 0.2) is 29.2 Å². The fourth-order valence-electron chi connectivity index (χ4n) is 1.99. The van der Waals surface area contributed by atoms with Crippen LogP contribution < -0.4 is 0 Å². The lowest BCUT2D eigenvalue weighted by Gasteiger charge is -2.11. The van der Waals surface area contributed by atoms with E-state index in [1.165, 1.54) is 18.2 Å². The van der Waals surface area contributed by atoms with Crippen LogP contribution in [0.25, 0.3) is 6.08 Å². The molecule has 1 heterocycles. The molecule has 0 unspecified atom stereocenters. The van der Waals surface area contributed by atoms with Gasteiger partial charge in [0.05, 0.1) is 17.1 Å². The number of nitrogens with zero attached hydrogens (tertiary/aromatic N) is 1. The van der Waals surface area contributed by atoms with E-state index in [2.05, 4.69) is 4.74 Å². The molecule has 0 radical (unpaired) electrons. The van der Waals surface area contributed by atoms with Gasteiger partial charge in [-0.05, 0) is 36.4 Å². The predicted molar refractivity (Wildman–Crippen MR) is 80.8 cm³/mol. The third-order valence-electron chi connectivity index (χ3n) is 3.02. The van der Waals surface area contributed by atoms with E-state index in [0.717, 1.165) is 12.1 Å². The number of amides is 2. The minimum absolute atomic E-state index is 0.0872. The molecule has 0 atom stereocenters. The summed E-state index contributed by atoms with van der Waals surface area (Å²) >= 11 is 0.479. The molecule has 0 saturated carbocycles. The van der Waals surface area contributed by atoms with Crippen molar-refractivity contribution >= 4 is 35.0 Å². The lowest BCUT2D eigenvalue weighted by Crippen LogP contribution is -2.34. The zero-order chi connectivity index (χ0) is 17.9. The van der Waals surface area contributed by atoms with Crippen LogP contribution in [0.4, 0.5) is 18.0 Å². The van der Waals surface area contributed by atoms with Gasteiger partial charge in [0.25, 0.3) is 11.1 Å². The van der Waals surface area contributed by atoms with Crippen molar-refractivity contribution in [1.82, 2.24) is 4.90 Å². The van der Waals surface area contributed by atoms with Gasteiger partial charge in [0.1, 0.15) is 6.54 Å². The van der Waals surface area contributed by atoms with Gasteiger partial charge in [-0.1, -0.05) is 18.2 Å². The Hall–Kier alpha value is -2.29. The second kappa shape index (κ2) is 7.08. The lowest BCUT2D eigenvalue weighted by atomic mass is 10.1. The van der Waals surface area contributed by atoms with Crippen molar-refractivity contribution in [2.45, 2.75) is 13.1 Å². The maximum absolute atomic E-state index is 13.0. The number of thioether (sulfide) groups is 1. The van der Waals surface area contributed by atoms with Crippen LogP contribution in [0, 0.1) is 0 Å². The fraction of sp³-hybridized carbons (Fsp3) is 0.267. The molecule has 1 aliphatic rings. The highest BCUT2D eigenvalue weighted by Crippen LogP contribution is 2.36. The number of alkyl halides is 3. The normalized spacial score (nSPS) is 16.8. The van der Waals surface area contributed by atoms with E-state index in [1.54, 1.807) is 6.92 Å². The quantitative estimate of drug-likeness (QED) is 0.610. The number of esters is 1. The number of ether oxygens (including phenoxy) is 1. The average Bonchev–Trinajstić information content (AvgIpc) is 2.75. The van der Waals surface area contributed by atoms with Crippen LogP contribution in [-0.4, -0.2) is 35.2 Å². The maximum Gasteiger partial charge on any atom is 0.416 e. The molecule has 9 heteroatoms. The summed E-state index contributed by atoms with van der Waals surface area (Å²) in [5.74, 6) is -1.59. The Balaban J connectivity index is 2.28. The molecule has 1 aromatic carbocycles. The van der Waals surface area contributed by atoms with Gasteiger partial charge in [-0.25, -0.2) is 0 Å². The molecule has 128 valence electrons. The highest BCUT2D eigenvalue weighted by atomic mass is 32.2. The van der Waals surface area contributed by atoms with Gasteiger partial charge in [0.2, 0.25) is 0 Å². The van der Waals surface area contributed by atoms with Gasteiger partial charge >= 0.3 is 12.1 Å². The van der Waals surface area contributed by atoms with Crippen molar-refractivity contribution in [3.8, 4) is 0 Å². The fourth-order valence-corrected chi connectivity index (χ4v) is 2.82. The Labute approximate surface area is 139 Å². The van der Waals surface area contributed by atoms with Crippen LogP contribution in [0.3, 0.4) is 0 Å². The molecule has 1 aromatic rings. The van der Waals surface area contributed by atoms with Crippen LogP contribution >= 0.6 is 11.8 Å². The number of carbonyl (C=O) groups is 3. The van der Waals surface area contributed by atoms with Crippen LogP contribution in [0.5, 0.6) is 0 Å². The highest BCUT2D eigenvalue weighted by molar-refractivity contribution is 8.18. The summed E-state index contributed by atoms with van der Waals surface area (Å²) in [7, 11) is 0. The van der Waals surface area contributed by atoms with E-state index in [4.69, 9.17) is 0 Å². The van der Waals surface area contributed by atoms with E-state index in [9.17, 15) is 27.6 Å². The van der Waals surface area contributed by atoms with E-state index < -0.39 is 35.4 Å². The molecule has 2 rings (SSSR count). The molecular weight excluding hydrogens is 347 g/mol. The second-order valence-corrected chi connectivity index (χ2v) is 5.65. The SMILES string of the molecule is CCOC(=O)CN1C(=O)S/C(=C\c2ccccc2C(F)(F)F)C1=O. The smallest absolute Gasteiger partial charge is 0.416 e. The predicted octanol–water partition coefficient (Wildman–Crippen LogP) is 3.30. The van der Waals surface area contributed by atoms with Gasteiger partial charge in [0.15, 0.2) is 0 Å². The molecule has 0 N–H and O–H groups in total. The molecular formula is C15H12F3NO4S. The third kappa shape index (κ3) is 3.97. The monoisotopic (exact) mass is 359 g/mol. The van der Waals surface area contributed by atoms with E-state index in [-0.39, 0.29) is 17.1 Å². The summed E-state index contributed by atoms with van der Waals surface area (Å²) in [5, 5.41) is -0.733. The first kappa shape index (κ1) is 18.1. The van der Waals surface area contributed by atoms with Crippen molar-refractivity contribution in [1.29, 1.82) is 0 Å². The maximum atomic E-state index is 13.0. The largest absolute Gasteiger partial charge is 0.465 e. The number of rotatable bonds is 4. The van der Waals surface area contributed by atoms with Gasteiger partial charge in [-0.3, -0.25) is 19.3 Å². The molecule has 0 spiro atoms. The minimum Gasteiger partial charge on any atom is -0.465 e. The Morgan fingerprint density at radius 3 is 2.58 bits per heavy atom. The summed E-state index contributed by atoms with van der Waals surface area (Å²) in [5.41, 5.74) is -1.14. The van der Waals surface area contributed by atoms with Crippen molar-refractivity contribution < 1.29 is 32.3 Å². The second-order valence-electron chi connectivity index (χ2n) is 4.66. The molecule has 24 heavy (non-hydrogen) atoms. The molecule has 5 nitrogen and oxygen atoms in total. The molecule has 0 bridgehead atoms. The van der Waals surface area contributed by atoms with Crippen LogP contribution in [-0.2, 0) is 20.5 Å². The van der Waals surface area contributed by atoms with Crippen LogP contribution in [0.1, 0.15) is 18.1 Å². The number of carbonyl (C=O) groups excluding carboxylic acids is 3. The van der Waals surface area contributed by atoms with Gasteiger partial charge in [-0.2, -0.15) is 13.2 Å². The Morgan fingerprint density at radius 2 is 1.96 bits per heavy atom. The zero-order valence-electron chi connectivity index (χ0n) is 12.4. The number of hydrogen-bond acceptors (Lipinski definition) is 5. The number of hydrogen-bond donors (Lipinski definition) is 0. The van der Waals surface area contributed by atoms with E-state index >= 15 is 0 Å². The van der Waals surface area contributed by atoms with Crippen molar-refractivity contribution in [3.05, 3.63) is 40.3 Å². The summed E-state index contributed by atoms with van der Waals surface area (Å²) in [6.07, 6.45) is -3.59. The number of benzene rings is 1. The third-order valence-corrected chi connectivity index (χ3v) is 3.93. The van der Waals surface area contributed by atoms with E-state index in [0.29, 0.717) is 16.7 Å². The first-order valence-corrected chi connectivity index (χ1v) is 7.63. The number of imide groups is 1. The van der Waals surface area contributed by atoms with Gasteiger partial charge < -0.3 is 4.74 Å². The van der Waals surface area contributed by atoms with E-state index in [1.807, 2.05) is 0 Å². The zero-order valence-corrected chi connectivity index (χ0v) is 13.2. The number of halogens is 3. The summed E-state index contributed by atoms with van der Waals surface area (Å²) in [6.45, 7) is 1.08. The molecule has 0 aromatic heterocycles. The standard InChI is InChI=1S/C15H12F3NO4S/c1-2-23-12(20)8-19-13(21)11(24-14(19)22)7-9-5-3-4-6-10(9)15(16,17)18/h3-7H,2,8H2,1H3/b11-7-. The Morgan fingerprint density at radius 1 is 1.29 bits per heavy atom. The lowest BCUT2D eigenvalue weighted by molar-refractivity contribution is -0.146. The van der Waals surface area contributed by atoms with Crippen molar-refractivity contribution in [3.63, 3.8) is 0 Å². The summed E-state index contributed by atoms with van der Waals surface area (Å²) in [4.78, 5) is 35.8. The summed E-state index contributed by atoms with van der Waals surface area (Å²) < 4.78 is 43.6. The van der Waals surface area contributed by atoms with Gasteiger partial charge in [-0.15, -0.1) is 0 Å². The first-order chi connectivity index (χ1) is 11.2. The molecule has 1 aliphatic heterocycles. The van der Waals surface area contributed by atoms with Crippen molar-refractivity contribution in [2.24, 2.45) is 0 Å². The Kier molecular flexibility index (Phi) is 5.33. The first-order valence-electron chi connectivity index (χ1n) is 6.81.